The van der Waals surface area contributed by atoms with Crippen LogP contribution in [0.3, 0.4) is 0 Å². The molecule has 2 N–H and O–H groups in total. The Morgan fingerprint density at radius 2 is 1.85 bits per heavy atom. The van der Waals surface area contributed by atoms with Crippen molar-refractivity contribution >= 4 is 11.9 Å². The first-order valence-corrected chi connectivity index (χ1v) is 6.69. The monoisotopic (exact) mass is 279 g/mol. The molecule has 1 rings (SSSR count). The molecule has 2 atom stereocenters. The highest BCUT2D eigenvalue weighted by Crippen LogP contribution is 2.10. The lowest BCUT2D eigenvalue weighted by atomic mass is 10.1. The van der Waals surface area contributed by atoms with Crippen molar-refractivity contribution in [1.29, 1.82) is 0 Å². The third kappa shape index (κ3) is 5.73. The minimum Gasteiger partial charge on any atom is -0.494 e. The number of hydrogen-bond donors (Lipinski definition) is 2. The average molecular weight is 279 g/mol. The zero-order chi connectivity index (χ0) is 15.0. The summed E-state index contributed by atoms with van der Waals surface area (Å²) in [5.41, 5.74) is 0. The van der Waals surface area contributed by atoms with Gasteiger partial charge in [-0.1, -0.05) is 32.0 Å². The van der Waals surface area contributed by atoms with Crippen LogP contribution in [0, 0.1) is 11.8 Å². The molecule has 0 spiro atoms. The molecule has 0 saturated carbocycles. The van der Waals surface area contributed by atoms with Crippen LogP contribution in [0.5, 0.6) is 5.75 Å². The van der Waals surface area contributed by atoms with Gasteiger partial charge in [0.25, 0.3) is 0 Å². The maximum Gasteiger partial charge on any atom is 0.308 e. The fourth-order valence-corrected chi connectivity index (χ4v) is 1.52. The first-order chi connectivity index (χ1) is 9.50. The molecule has 20 heavy (non-hydrogen) atoms. The second kappa shape index (κ2) is 8.19. The molecule has 0 aromatic heterocycles. The molecule has 1 amide bonds. The molecule has 1 aromatic carbocycles. The van der Waals surface area contributed by atoms with Crippen molar-refractivity contribution in [3.63, 3.8) is 0 Å². The maximum absolute atomic E-state index is 11.8. The zero-order valence-corrected chi connectivity index (χ0v) is 11.8. The number of carboxylic acids is 1. The predicted molar refractivity (Wildman–Crippen MR) is 75.5 cm³/mol. The van der Waals surface area contributed by atoms with Crippen molar-refractivity contribution < 1.29 is 19.4 Å². The van der Waals surface area contributed by atoms with Gasteiger partial charge in [0.2, 0.25) is 5.91 Å². The van der Waals surface area contributed by atoms with E-state index >= 15 is 0 Å². The van der Waals surface area contributed by atoms with Crippen LogP contribution in [0.1, 0.15) is 20.3 Å². The molecule has 0 aliphatic heterocycles. The van der Waals surface area contributed by atoms with Gasteiger partial charge < -0.3 is 15.2 Å². The molecule has 2 unspecified atom stereocenters. The second-order valence-electron chi connectivity index (χ2n) is 4.84. The molecule has 0 heterocycles. The van der Waals surface area contributed by atoms with Crippen molar-refractivity contribution in [3.05, 3.63) is 30.3 Å². The third-order valence-electron chi connectivity index (χ3n) is 3.01. The quantitative estimate of drug-likeness (QED) is 0.762. The first kappa shape index (κ1) is 16.0. The Morgan fingerprint density at radius 3 is 2.45 bits per heavy atom. The normalized spacial score (nSPS) is 13.3. The lowest BCUT2D eigenvalue weighted by Gasteiger charge is -2.14. The topological polar surface area (TPSA) is 75.6 Å². The predicted octanol–water partition coefficient (Wildman–Crippen LogP) is 1.93. The minimum absolute atomic E-state index is 0.144. The number of rotatable bonds is 8. The van der Waals surface area contributed by atoms with Gasteiger partial charge in [-0.05, 0) is 18.6 Å². The molecule has 0 fully saturated rings. The SMILES string of the molecule is CC(CNC(=O)C(C)CCOc1ccccc1)C(=O)O. The van der Waals surface area contributed by atoms with Gasteiger partial charge in [-0.2, -0.15) is 0 Å². The van der Waals surface area contributed by atoms with Crippen molar-refractivity contribution in [1.82, 2.24) is 5.32 Å². The summed E-state index contributed by atoms with van der Waals surface area (Å²) in [7, 11) is 0. The molecule has 110 valence electrons. The van der Waals surface area contributed by atoms with Crippen molar-refractivity contribution in [3.8, 4) is 5.75 Å². The fourth-order valence-electron chi connectivity index (χ4n) is 1.52. The molecular weight excluding hydrogens is 258 g/mol. The standard InChI is InChI=1S/C15H21NO4/c1-11(14(17)16-10-12(2)15(18)19)8-9-20-13-6-4-3-5-7-13/h3-7,11-12H,8-10H2,1-2H3,(H,16,17)(H,18,19). The van der Waals surface area contributed by atoms with E-state index in [0.29, 0.717) is 13.0 Å². The molecule has 0 radical (unpaired) electrons. The van der Waals surface area contributed by atoms with E-state index in [1.807, 2.05) is 30.3 Å². The number of ether oxygens (including phenoxy) is 1. The third-order valence-corrected chi connectivity index (χ3v) is 3.01. The molecule has 5 nitrogen and oxygen atoms in total. The van der Waals surface area contributed by atoms with Crippen LogP contribution in [0.25, 0.3) is 0 Å². The number of hydrogen-bond acceptors (Lipinski definition) is 3. The summed E-state index contributed by atoms with van der Waals surface area (Å²) in [6.07, 6.45) is 0.585. The summed E-state index contributed by atoms with van der Waals surface area (Å²) in [5.74, 6) is -1.06. The van der Waals surface area contributed by atoms with Crippen LogP contribution in [-0.4, -0.2) is 30.1 Å². The van der Waals surface area contributed by atoms with Gasteiger partial charge in [0, 0.05) is 12.5 Å². The van der Waals surface area contributed by atoms with Crippen molar-refractivity contribution in [2.24, 2.45) is 11.8 Å². The van der Waals surface area contributed by atoms with Gasteiger partial charge in [0.15, 0.2) is 0 Å². The fraction of sp³-hybridized carbons (Fsp3) is 0.467. The van der Waals surface area contributed by atoms with Crippen molar-refractivity contribution in [2.45, 2.75) is 20.3 Å². The van der Waals surface area contributed by atoms with Gasteiger partial charge in [-0.3, -0.25) is 9.59 Å². The highest BCUT2D eigenvalue weighted by molar-refractivity contribution is 5.79. The van der Waals surface area contributed by atoms with E-state index in [1.54, 1.807) is 13.8 Å². The van der Waals surface area contributed by atoms with Crippen molar-refractivity contribution in [2.75, 3.05) is 13.2 Å². The molecule has 0 aliphatic carbocycles. The van der Waals surface area contributed by atoms with Crippen LogP contribution in [0.2, 0.25) is 0 Å². The Morgan fingerprint density at radius 1 is 1.20 bits per heavy atom. The summed E-state index contributed by atoms with van der Waals surface area (Å²) in [6.45, 7) is 3.96. The Labute approximate surface area is 118 Å². The summed E-state index contributed by atoms with van der Waals surface area (Å²) in [6, 6.07) is 9.41. The summed E-state index contributed by atoms with van der Waals surface area (Å²) in [4.78, 5) is 22.4. The molecule has 0 aliphatic rings. The van der Waals surface area contributed by atoms with Gasteiger partial charge in [0.05, 0.1) is 12.5 Å². The number of carbonyl (C=O) groups excluding carboxylic acids is 1. The summed E-state index contributed by atoms with van der Waals surface area (Å²) >= 11 is 0. The van der Waals surface area contributed by atoms with Gasteiger partial charge in [-0.15, -0.1) is 0 Å². The van der Waals surface area contributed by atoms with E-state index < -0.39 is 11.9 Å². The average Bonchev–Trinajstić information content (AvgIpc) is 2.45. The maximum atomic E-state index is 11.8. The minimum atomic E-state index is -0.912. The summed E-state index contributed by atoms with van der Waals surface area (Å²) in [5, 5.41) is 11.4. The Kier molecular flexibility index (Phi) is 6.56. The zero-order valence-electron chi connectivity index (χ0n) is 11.8. The van der Waals surface area contributed by atoms with Crippen LogP contribution < -0.4 is 10.1 Å². The molecule has 0 bridgehead atoms. The lowest BCUT2D eigenvalue weighted by Crippen LogP contribution is -2.35. The molecule has 0 saturated heterocycles. The van der Waals surface area contributed by atoms with E-state index in [4.69, 9.17) is 9.84 Å². The number of amides is 1. The van der Waals surface area contributed by atoms with Gasteiger partial charge in [-0.25, -0.2) is 0 Å². The van der Waals surface area contributed by atoms with Crippen LogP contribution in [0.15, 0.2) is 30.3 Å². The van der Waals surface area contributed by atoms with Gasteiger partial charge >= 0.3 is 5.97 Å². The van der Waals surface area contributed by atoms with E-state index in [1.165, 1.54) is 0 Å². The highest BCUT2D eigenvalue weighted by Gasteiger charge is 2.16. The van der Waals surface area contributed by atoms with Gasteiger partial charge in [0.1, 0.15) is 5.75 Å². The van der Waals surface area contributed by atoms with E-state index in [2.05, 4.69) is 5.32 Å². The smallest absolute Gasteiger partial charge is 0.308 e. The molecule has 5 heteroatoms. The second-order valence-corrected chi connectivity index (χ2v) is 4.84. The van der Waals surface area contributed by atoms with Crippen LogP contribution >= 0.6 is 0 Å². The highest BCUT2D eigenvalue weighted by atomic mass is 16.5. The number of nitrogens with one attached hydrogen (secondary N) is 1. The van der Waals surface area contributed by atoms with Crippen LogP contribution in [0.4, 0.5) is 0 Å². The van der Waals surface area contributed by atoms with E-state index in [9.17, 15) is 9.59 Å². The number of carboxylic acid groups (broad SMARTS) is 1. The van der Waals surface area contributed by atoms with Crippen LogP contribution in [-0.2, 0) is 9.59 Å². The number of benzene rings is 1. The largest absolute Gasteiger partial charge is 0.494 e. The number of carbonyl (C=O) groups is 2. The summed E-state index contributed by atoms with van der Waals surface area (Å²) < 4.78 is 5.52. The Hall–Kier alpha value is -2.04. The number of aliphatic carboxylic acids is 1. The Balaban J connectivity index is 2.23. The van der Waals surface area contributed by atoms with E-state index in [-0.39, 0.29) is 18.4 Å². The molecule has 1 aromatic rings. The molecular formula is C15H21NO4. The first-order valence-electron chi connectivity index (χ1n) is 6.69. The lowest BCUT2D eigenvalue weighted by molar-refractivity contribution is -0.141. The Bertz CT molecular complexity index is 433. The number of para-hydroxylation sites is 1. The van der Waals surface area contributed by atoms with E-state index in [0.717, 1.165) is 5.75 Å².